The van der Waals surface area contributed by atoms with E-state index in [9.17, 15) is 14.9 Å². The summed E-state index contributed by atoms with van der Waals surface area (Å²) in [6.07, 6.45) is 3.35. The molecule has 0 spiro atoms. The second kappa shape index (κ2) is 5.61. The highest BCUT2D eigenvalue weighted by Crippen LogP contribution is 2.23. The maximum Gasteiger partial charge on any atom is 0.270 e. The van der Waals surface area contributed by atoms with Gasteiger partial charge in [-0.1, -0.05) is 18.2 Å². The molecule has 1 N–H and O–H groups in total. The zero-order chi connectivity index (χ0) is 15.5. The van der Waals surface area contributed by atoms with Crippen molar-refractivity contribution in [2.24, 2.45) is 0 Å². The molecule has 22 heavy (non-hydrogen) atoms. The minimum absolute atomic E-state index is 0.116. The molecular weight excluding hydrogens is 282 g/mol. The van der Waals surface area contributed by atoms with Crippen LogP contribution in [-0.4, -0.2) is 15.8 Å². The van der Waals surface area contributed by atoms with Crippen molar-refractivity contribution in [3.8, 4) is 0 Å². The number of carbonyl (C=O) groups is 1. The number of nitro groups is 1. The van der Waals surface area contributed by atoms with Gasteiger partial charge in [-0.15, -0.1) is 0 Å². The van der Waals surface area contributed by atoms with Crippen LogP contribution in [-0.2, 0) is 0 Å². The molecule has 3 aromatic rings. The number of nitro benzene ring substituents is 1. The van der Waals surface area contributed by atoms with E-state index < -0.39 is 10.8 Å². The average Bonchev–Trinajstić information content (AvgIpc) is 2.55. The number of benzene rings is 2. The third kappa shape index (κ3) is 2.62. The van der Waals surface area contributed by atoms with Gasteiger partial charge in [0.25, 0.3) is 11.6 Å². The SMILES string of the molecule is O=C(Nc1cccc2cnccc12)c1cccc([N+](=O)[O-])c1. The lowest BCUT2D eigenvalue weighted by atomic mass is 10.1. The predicted octanol–water partition coefficient (Wildman–Crippen LogP) is 3.40. The van der Waals surface area contributed by atoms with Crippen molar-refractivity contribution in [2.75, 3.05) is 5.32 Å². The van der Waals surface area contributed by atoms with Gasteiger partial charge in [-0.05, 0) is 18.2 Å². The van der Waals surface area contributed by atoms with Gasteiger partial charge in [-0.3, -0.25) is 19.9 Å². The van der Waals surface area contributed by atoms with Gasteiger partial charge in [0.15, 0.2) is 0 Å². The molecule has 0 atom stereocenters. The fraction of sp³-hybridized carbons (Fsp3) is 0. The van der Waals surface area contributed by atoms with Crippen LogP contribution < -0.4 is 5.32 Å². The molecule has 0 fully saturated rings. The molecule has 1 aromatic heterocycles. The lowest BCUT2D eigenvalue weighted by molar-refractivity contribution is -0.384. The molecule has 0 unspecified atom stereocenters. The van der Waals surface area contributed by atoms with Crippen LogP contribution >= 0.6 is 0 Å². The summed E-state index contributed by atoms with van der Waals surface area (Å²) in [5.74, 6) is -0.395. The van der Waals surface area contributed by atoms with Crippen LogP contribution in [0.1, 0.15) is 10.4 Å². The first-order valence-electron chi connectivity index (χ1n) is 6.54. The van der Waals surface area contributed by atoms with Crippen molar-refractivity contribution in [1.29, 1.82) is 0 Å². The lowest BCUT2D eigenvalue weighted by Gasteiger charge is -2.08. The molecule has 6 heteroatoms. The fourth-order valence-corrected chi connectivity index (χ4v) is 2.19. The van der Waals surface area contributed by atoms with Gasteiger partial charge < -0.3 is 5.32 Å². The molecule has 0 bridgehead atoms. The van der Waals surface area contributed by atoms with E-state index in [0.717, 1.165) is 10.8 Å². The van der Waals surface area contributed by atoms with Crippen LogP contribution in [0.15, 0.2) is 60.9 Å². The van der Waals surface area contributed by atoms with E-state index >= 15 is 0 Å². The zero-order valence-corrected chi connectivity index (χ0v) is 11.4. The number of rotatable bonds is 3. The monoisotopic (exact) mass is 293 g/mol. The molecule has 1 amide bonds. The number of non-ortho nitro benzene ring substituents is 1. The second-order valence-electron chi connectivity index (χ2n) is 4.66. The van der Waals surface area contributed by atoms with Gasteiger partial charge in [0, 0.05) is 46.5 Å². The Morgan fingerprint density at radius 1 is 1.14 bits per heavy atom. The minimum Gasteiger partial charge on any atom is -0.321 e. The number of hydrogen-bond donors (Lipinski definition) is 1. The molecule has 0 aliphatic heterocycles. The third-order valence-corrected chi connectivity index (χ3v) is 3.25. The highest BCUT2D eigenvalue weighted by molar-refractivity contribution is 6.09. The molecule has 0 saturated carbocycles. The second-order valence-corrected chi connectivity index (χ2v) is 4.66. The number of fused-ring (bicyclic) bond motifs is 1. The van der Waals surface area contributed by atoms with Crippen LogP contribution in [0, 0.1) is 10.1 Å². The van der Waals surface area contributed by atoms with E-state index in [1.807, 2.05) is 12.1 Å². The van der Waals surface area contributed by atoms with Crippen LogP contribution in [0.4, 0.5) is 11.4 Å². The summed E-state index contributed by atoms with van der Waals surface area (Å²) in [6, 6.07) is 12.9. The van der Waals surface area contributed by atoms with Crippen molar-refractivity contribution >= 4 is 28.1 Å². The van der Waals surface area contributed by atoms with E-state index in [2.05, 4.69) is 10.3 Å². The highest BCUT2D eigenvalue weighted by atomic mass is 16.6. The van der Waals surface area contributed by atoms with E-state index in [4.69, 9.17) is 0 Å². The Labute approximate surface area is 125 Å². The first-order chi connectivity index (χ1) is 10.6. The van der Waals surface area contributed by atoms with Crippen molar-refractivity contribution in [3.63, 3.8) is 0 Å². The van der Waals surface area contributed by atoms with Crippen molar-refractivity contribution in [2.45, 2.75) is 0 Å². The predicted molar refractivity (Wildman–Crippen MR) is 82.8 cm³/mol. The largest absolute Gasteiger partial charge is 0.321 e. The van der Waals surface area contributed by atoms with Crippen molar-refractivity contribution in [3.05, 3.63) is 76.6 Å². The Morgan fingerprint density at radius 2 is 1.95 bits per heavy atom. The molecule has 6 nitrogen and oxygen atoms in total. The lowest BCUT2D eigenvalue weighted by Crippen LogP contribution is -2.12. The molecule has 0 saturated heterocycles. The molecule has 1 heterocycles. The van der Waals surface area contributed by atoms with Gasteiger partial charge in [0.1, 0.15) is 0 Å². The smallest absolute Gasteiger partial charge is 0.270 e. The molecular formula is C16H11N3O3. The topological polar surface area (TPSA) is 85.1 Å². The summed E-state index contributed by atoms with van der Waals surface area (Å²) >= 11 is 0. The maximum absolute atomic E-state index is 12.3. The number of nitrogens with one attached hydrogen (secondary N) is 1. The van der Waals surface area contributed by atoms with Gasteiger partial charge in [-0.25, -0.2) is 0 Å². The van der Waals surface area contributed by atoms with E-state index in [0.29, 0.717) is 5.69 Å². The molecule has 0 radical (unpaired) electrons. The summed E-state index contributed by atoms with van der Waals surface area (Å²) in [5, 5.41) is 15.3. The molecule has 0 aliphatic rings. The van der Waals surface area contributed by atoms with E-state index in [1.54, 1.807) is 24.5 Å². The Bertz CT molecular complexity index is 872. The van der Waals surface area contributed by atoms with Crippen molar-refractivity contribution < 1.29 is 9.72 Å². The van der Waals surface area contributed by atoms with Crippen LogP contribution in [0.2, 0.25) is 0 Å². The Kier molecular flexibility index (Phi) is 3.49. The summed E-state index contributed by atoms with van der Waals surface area (Å²) in [6.45, 7) is 0. The third-order valence-electron chi connectivity index (χ3n) is 3.25. The van der Waals surface area contributed by atoms with E-state index in [-0.39, 0.29) is 11.3 Å². The number of amides is 1. The Balaban J connectivity index is 1.93. The van der Waals surface area contributed by atoms with Crippen LogP contribution in [0.25, 0.3) is 10.8 Å². The van der Waals surface area contributed by atoms with Gasteiger partial charge >= 0.3 is 0 Å². The van der Waals surface area contributed by atoms with Gasteiger partial charge in [0.05, 0.1) is 4.92 Å². The summed E-state index contributed by atoms with van der Waals surface area (Å²) < 4.78 is 0. The number of nitrogens with zero attached hydrogens (tertiary/aromatic N) is 2. The number of hydrogen-bond acceptors (Lipinski definition) is 4. The standard InChI is InChI=1S/C16H11N3O3/c20-16(11-3-1-5-13(9-11)19(21)22)18-15-6-2-4-12-10-17-8-7-14(12)15/h1-10H,(H,18,20). The normalized spacial score (nSPS) is 10.4. The average molecular weight is 293 g/mol. The molecule has 2 aromatic carbocycles. The Hall–Kier alpha value is -3.28. The van der Waals surface area contributed by atoms with Crippen molar-refractivity contribution in [1.82, 2.24) is 4.98 Å². The number of pyridine rings is 1. The minimum atomic E-state index is -0.527. The summed E-state index contributed by atoms with van der Waals surface area (Å²) in [7, 11) is 0. The molecule has 3 rings (SSSR count). The maximum atomic E-state index is 12.3. The quantitative estimate of drug-likeness (QED) is 0.592. The van der Waals surface area contributed by atoms with Gasteiger partial charge in [0.2, 0.25) is 0 Å². The highest BCUT2D eigenvalue weighted by Gasteiger charge is 2.12. The first-order valence-corrected chi connectivity index (χ1v) is 6.54. The number of carbonyl (C=O) groups excluding carboxylic acids is 1. The van der Waals surface area contributed by atoms with Crippen LogP contribution in [0.5, 0.6) is 0 Å². The van der Waals surface area contributed by atoms with E-state index in [1.165, 1.54) is 24.3 Å². The zero-order valence-electron chi connectivity index (χ0n) is 11.4. The van der Waals surface area contributed by atoms with Crippen LogP contribution in [0.3, 0.4) is 0 Å². The number of aromatic nitrogens is 1. The fourth-order valence-electron chi connectivity index (χ4n) is 2.19. The summed E-state index contributed by atoms with van der Waals surface area (Å²) in [4.78, 5) is 26.6. The molecule has 0 aliphatic carbocycles. The summed E-state index contributed by atoms with van der Waals surface area (Å²) in [5.41, 5.74) is 0.756. The van der Waals surface area contributed by atoms with Gasteiger partial charge in [-0.2, -0.15) is 0 Å². The number of anilines is 1. The Morgan fingerprint density at radius 3 is 2.77 bits per heavy atom. The molecule has 108 valence electrons. The first kappa shape index (κ1) is 13.7.